The molecule has 0 N–H and O–H groups in total. The van der Waals surface area contributed by atoms with E-state index in [1.165, 1.54) is 10.8 Å². The monoisotopic (exact) mass is 328 g/mol. The number of benzene rings is 1. The summed E-state index contributed by atoms with van der Waals surface area (Å²) in [6, 6.07) is 8.90. The van der Waals surface area contributed by atoms with Crippen LogP contribution in [0.4, 0.5) is 4.39 Å². The van der Waals surface area contributed by atoms with Crippen molar-refractivity contribution < 1.29 is 18.7 Å². The SMILES string of the molecule is C=C=CC1(OC(=O)c2cnc(F)n2[C@H](C)c2ccccc2)COC1. The Labute approximate surface area is 139 Å². The second kappa shape index (κ2) is 6.43. The first kappa shape index (κ1) is 16.2. The van der Waals surface area contributed by atoms with Crippen LogP contribution in [0.2, 0.25) is 0 Å². The van der Waals surface area contributed by atoms with Crippen LogP contribution in [-0.4, -0.2) is 34.3 Å². The molecule has 1 aliphatic rings. The summed E-state index contributed by atoms with van der Waals surface area (Å²) in [5.41, 5.74) is 2.62. The number of ether oxygens (including phenoxy) is 2. The van der Waals surface area contributed by atoms with E-state index in [2.05, 4.69) is 17.3 Å². The second-order valence-corrected chi connectivity index (χ2v) is 5.66. The maximum atomic E-state index is 14.2. The van der Waals surface area contributed by atoms with E-state index in [0.29, 0.717) is 0 Å². The highest BCUT2D eigenvalue weighted by atomic mass is 19.1. The molecule has 1 fully saturated rings. The molecule has 2 heterocycles. The summed E-state index contributed by atoms with van der Waals surface area (Å²) < 4.78 is 26.0. The number of carbonyl (C=O) groups excluding carboxylic acids is 1. The molecule has 24 heavy (non-hydrogen) atoms. The van der Waals surface area contributed by atoms with Crippen LogP contribution < -0.4 is 0 Å². The van der Waals surface area contributed by atoms with Crippen LogP contribution in [0.3, 0.4) is 0 Å². The molecular weight excluding hydrogens is 311 g/mol. The van der Waals surface area contributed by atoms with Gasteiger partial charge in [0.25, 0.3) is 6.08 Å². The van der Waals surface area contributed by atoms with Gasteiger partial charge < -0.3 is 9.47 Å². The van der Waals surface area contributed by atoms with Crippen LogP contribution in [0.15, 0.2) is 54.9 Å². The van der Waals surface area contributed by atoms with Crippen molar-refractivity contribution in [2.75, 3.05) is 13.2 Å². The number of carbonyl (C=O) groups is 1. The first-order valence-electron chi connectivity index (χ1n) is 7.52. The average molecular weight is 328 g/mol. The molecule has 124 valence electrons. The normalized spacial score (nSPS) is 16.6. The Hall–Kier alpha value is -2.69. The maximum absolute atomic E-state index is 14.2. The van der Waals surface area contributed by atoms with E-state index >= 15 is 0 Å². The third-order valence-corrected chi connectivity index (χ3v) is 3.98. The fraction of sp³-hybridized carbons (Fsp3) is 0.278. The number of halogens is 1. The van der Waals surface area contributed by atoms with Crippen LogP contribution in [0.25, 0.3) is 0 Å². The maximum Gasteiger partial charge on any atom is 0.357 e. The van der Waals surface area contributed by atoms with Crippen molar-refractivity contribution in [1.82, 2.24) is 9.55 Å². The number of hydrogen-bond acceptors (Lipinski definition) is 4. The van der Waals surface area contributed by atoms with Crippen molar-refractivity contribution in [3.63, 3.8) is 0 Å². The Morgan fingerprint density at radius 2 is 2.21 bits per heavy atom. The standard InChI is InChI=1S/C18H17FN2O3/c1-3-9-18(11-23-12-18)24-16(22)15-10-20-17(19)21(15)13(2)14-7-5-4-6-8-14/h4-10,13H,1,11-12H2,2H3/t13-/m1/s1. The van der Waals surface area contributed by atoms with E-state index in [0.717, 1.165) is 5.56 Å². The Balaban J connectivity index is 1.90. The second-order valence-electron chi connectivity index (χ2n) is 5.66. The molecule has 2 aromatic rings. The van der Waals surface area contributed by atoms with Crippen LogP contribution >= 0.6 is 0 Å². The van der Waals surface area contributed by atoms with Gasteiger partial charge in [0.15, 0.2) is 5.60 Å². The van der Waals surface area contributed by atoms with Crippen LogP contribution in [0, 0.1) is 6.08 Å². The lowest BCUT2D eigenvalue weighted by molar-refractivity contribution is -0.152. The van der Waals surface area contributed by atoms with Gasteiger partial charge >= 0.3 is 5.97 Å². The fourth-order valence-electron chi connectivity index (χ4n) is 2.64. The number of esters is 1. The first-order valence-corrected chi connectivity index (χ1v) is 7.52. The zero-order valence-electron chi connectivity index (χ0n) is 13.2. The van der Waals surface area contributed by atoms with Gasteiger partial charge in [0, 0.05) is 6.08 Å². The van der Waals surface area contributed by atoms with Gasteiger partial charge in [0.1, 0.15) is 5.69 Å². The molecule has 3 rings (SSSR count). The van der Waals surface area contributed by atoms with Gasteiger partial charge in [-0.1, -0.05) is 36.9 Å². The molecule has 0 aliphatic carbocycles. The third kappa shape index (κ3) is 2.89. The van der Waals surface area contributed by atoms with E-state index in [1.807, 2.05) is 30.3 Å². The molecule has 1 saturated heterocycles. The molecule has 0 saturated carbocycles. The molecule has 1 aromatic carbocycles. The largest absolute Gasteiger partial charge is 0.444 e. The highest BCUT2D eigenvalue weighted by Gasteiger charge is 2.41. The summed E-state index contributed by atoms with van der Waals surface area (Å²) in [6.07, 6.45) is 1.99. The summed E-state index contributed by atoms with van der Waals surface area (Å²) in [5, 5.41) is 0. The Morgan fingerprint density at radius 3 is 2.79 bits per heavy atom. The summed E-state index contributed by atoms with van der Waals surface area (Å²) in [6.45, 7) is 5.74. The van der Waals surface area contributed by atoms with Gasteiger partial charge in [-0.2, -0.15) is 4.39 Å². The van der Waals surface area contributed by atoms with Crippen LogP contribution in [-0.2, 0) is 9.47 Å². The van der Waals surface area contributed by atoms with Crippen LogP contribution in [0.5, 0.6) is 0 Å². The van der Waals surface area contributed by atoms with E-state index in [-0.39, 0.29) is 18.9 Å². The molecule has 0 amide bonds. The quantitative estimate of drug-likeness (QED) is 0.625. The number of nitrogens with zero attached hydrogens (tertiary/aromatic N) is 2. The fourth-order valence-corrected chi connectivity index (χ4v) is 2.64. The summed E-state index contributed by atoms with van der Waals surface area (Å²) in [4.78, 5) is 16.2. The number of imidazole rings is 1. The van der Waals surface area contributed by atoms with Crippen molar-refractivity contribution in [2.45, 2.75) is 18.6 Å². The highest BCUT2D eigenvalue weighted by molar-refractivity contribution is 5.88. The van der Waals surface area contributed by atoms with Gasteiger partial charge in [0.2, 0.25) is 0 Å². The zero-order valence-corrected chi connectivity index (χ0v) is 13.2. The van der Waals surface area contributed by atoms with Gasteiger partial charge in [0.05, 0.1) is 25.5 Å². The van der Waals surface area contributed by atoms with Crippen molar-refractivity contribution >= 4 is 5.97 Å². The Morgan fingerprint density at radius 1 is 1.50 bits per heavy atom. The molecule has 1 aromatic heterocycles. The van der Waals surface area contributed by atoms with E-state index < -0.39 is 23.7 Å². The molecule has 0 unspecified atom stereocenters. The van der Waals surface area contributed by atoms with Gasteiger partial charge in [-0.3, -0.25) is 4.57 Å². The van der Waals surface area contributed by atoms with Gasteiger partial charge in [-0.15, -0.1) is 5.73 Å². The predicted octanol–water partition coefficient (Wildman–Crippen LogP) is 2.90. The molecule has 6 heteroatoms. The molecule has 5 nitrogen and oxygen atoms in total. The topological polar surface area (TPSA) is 53.3 Å². The predicted molar refractivity (Wildman–Crippen MR) is 85.1 cm³/mol. The molecule has 1 aliphatic heterocycles. The average Bonchev–Trinajstić information content (AvgIpc) is 2.94. The smallest absolute Gasteiger partial charge is 0.357 e. The van der Waals surface area contributed by atoms with Gasteiger partial charge in [-0.05, 0) is 12.5 Å². The summed E-state index contributed by atoms with van der Waals surface area (Å²) in [7, 11) is 0. The zero-order chi connectivity index (χ0) is 17.2. The van der Waals surface area contributed by atoms with E-state index in [1.54, 1.807) is 13.0 Å². The molecule has 0 spiro atoms. The number of hydrogen-bond donors (Lipinski definition) is 0. The first-order chi connectivity index (χ1) is 11.6. The van der Waals surface area contributed by atoms with E-state index in [9.17, 15) is 9.18 Å². The van der Waals surface area contributed by atoms with Crippen molar-refractivity contribution in [3.05, 3.63) is 72.3 Å². The minimum atomic E-state index is -0.888. The Kier molecular flexibility index (Phi) is 4.34. The summed E-state index contributed by atoms with van der Waals surface area (Å²) in [5.74, 6) is -0.663. The molecular formula is C18H17FN2O3. The van der Waals surface area contributed by atoms with E-state index in [4.69, 9.17) is 9.47 Å². The Bertz CT molecular complexity index is 790. The minimum Gasteiger partial charge on any atom is -0.444 e. The van der Waals surface area contributed by atoms with Crippen molar-refractivity contribution in [1.29, 1.82) is 0 Å². The van der Waals surface area contributed by atoms with Crippen molar-refractivity contribution in [2.24, 2.45) is 0 Å². The van der Waals surface area contributed by atoms with Gasteiger partial charge in [-0.25, -0.2) is 9.78 Å². The lowest BCUT2D eigenvalue weighted by atomic mass is 10.0. The lowest BCUT2D eigenvalue weighted by Crippen LogP contribution is -2.51. The number of aromatic nitrogens is 2. The lowest BCUT2D eigenvalue weighted by Gasteiger charge is -2.37. The highest BCUT2D eigenvalue weighted by Crippen LogP contribution is 2.27. The summed E-state index contributed by atoms with van der Waals surface area (Å²) >= 11 is 0. The van der Waals surface area contributed by atoms with Crippen LogP contribution in [0.1, 0.15) is 29.0 Å². The molecule has 1 atom stereocenters. The third-order valence-electron chi connectivity index (χ3n) is 3.98. The van der Waals surface area contributed by atoms with Crippen molar-refractivity contribution in [3.8, 4) is 0 Å². The minimum absolute atomic E-state index is 0.0487. The molecule has 0 radical (unpaired) electrons. The number of rotatable bonds is 5. The molecule has 0 bridgehead atoms.